The van der Waals surface area contributed by atoms with Crippen molar-refractivity contribution in [2.45, 2.75) is 155 Å². The Morgan fingerprint density at radius 2 is 1.49 bits per heavy atom. The molecule has 0 aromatic heterocycles. The van der Waals surface area contributed by atoms with Gasteiger partial charge in [-0.15, -0.1) is 0 Å². The number of hydrogen-bond acceptors (Lipinski definition) is 11. The van der Waals surface area contributed by atoms with Gasteiger partial charge in [0.1, 0.15) is 17.8 Å². The zero-order valence-electron chi connectivity index (χ0n) is 30.9. The first-order valence-corrected chi connectivity index (χ1v) is 20.7. The summed E-state index contributed by atoms with van der Waals surface area (Å²) in [5, 5.41) is 0. The van der Waals surface area contributed by atoms with Crippen LogP contribution in [0.15, 0.2) is 0 Å². The van der Waals surface area contributed by atoms with Crippen LogP contribution in [0.5, 0.6) is 0 Å². The average molecular weight is 749 g/mol. The molecule has 2 saturated heterocycles. The van der Waals surface area contributed by atoms with Gasteiger partial charge in [-0.05, 0) is 123 Å². The summed E-state index contributed by atoms with van der Waals surface area (Å²) in [7, 11) is -10.3. The van der Waals surface area contributed by atoms with Gasteiger partial charge < -0.3 is 23.3 Å². The van der Waals surface area contributed by atoms with Crippen molar-refractivity contribution in [2.24, 2.45) is 57.7 Å². The van der Waals surface area contributed by atoms with Gasteiger partial charge in [-0.25, -0.2) is 16.8 Å². The van der Waals surface area contributed by atoms with Crippen molar-refractivity contribution in [2.75, 3.05) is 0 Å². The third kappa shape index (κ3) is 6.91. The molecule has 0 aromatic rings. The summed E-state index contributed by atoms with van der Waals surface area (Å²) in [6, 6.07) is 0. The van der Waals surface area contributed by atoms with Gasteiger partial charge in [0, 0.05) is 12.3 Å². The monoisotopic (exact) mass is 748 g/mol. The molecular weight excluding hydrogens is 694 g/mol. The Balaban J connectivity index is 0.00000234. The van der Waals surface area contributed by atoms with Crippen LogP contribution in [0.25, 0.3) is 0 Å². The maximum Gasteiger partial charge on any atom is 1.00 e. The fourth-order valence-electron chi connectivity index (χ4n) is 13.1. The molecule has 2 heterocycles. The van der Waals surface area contributed by atoms with Gasteiger partial charge in [-0.3, -0.25) is 8.37 Å². The smallest absolute Gasteiger partial charge is 0.726 e. The molecule has 2 bridgehead atoms. The minimum Gasteiger partial charge on any atom is -0.726 e. The zero-order valence-corrected chi connectivity index (χ0v) is 36.6. The van der Waals surface area contributed by atoms with E-state index in [0.29, 0.717) is 30.1 Å². The predicted molar refractivity (Wildman–Crippen MR) is 168 cm³/mol. The Kier molecular flexibility index (Phi) is 11.7. The van der Waals surface area contributed by atoms with Crippen molar-refractivity contribution in [3.63, 3.8) is 0 Å². The molecule has 0 N–H and O–H groups in total. The van der Waals surface area contributed by atoms with Crippen LogP contribution in [-0.4, -0.2) is 61.9 Å². The van der Waals surface area contributed by atoms with Gasteiger partial charge in [0.05, 0.1) is 12.2 Å². The van der Waals surface area contributed by atoms with E-state index in [1.165, 1.54) is 6.42 Å². The van der Waals surface area contributed by atoms with E-state index in [9.17, 15) is 25.9 Å². The molecule has 15 heteroatoms. The van der Waals surface area contributed by atoms with Gasteiger partial charge in [0.25, 0.3) is 5.97 Å². The molecule has 0 radical (unpaired) electrons. The summed E-state index contributed by atoms with van der Waals surface area (Å²) in [6.45, 7) is 16.0. The maximum absolute atomic E-state index is 11.7. The molecule has 270 valence electrons. The Morgan fingerprint density at radius 3 is 2.06 bits per heavy atom. The number of hydrogen-bond donors (Lipinski definition) is 0. The molecule has 5 aliphatic carbocycles. The van der Waals surface area contributed by atoms with E-state index in [1.54, 1.807) is 0 Å². The van der Waals surface area contributed by atoms with Gasteiger partial charge >= 0.3 is 59.1 Å². The van der Waals surface area contributed by atoms with Crippen LogP contribution in [-0.2, 0) is 43.4 Å². The van der Waals surface area contributed by atoms with Gasteiger partial charge in [-0.1, -0.05) is 41.5 Å². The van der Waals surface area contributed by atoms with Gasteiger partial charge in [-0.2, -0.15) is 0 Å². The third-order valence-electron chi connectivity index (χ3n) is 15.2. The second-order valence-corrected chi connectivity index (χ2v) is 19.6. The number of fused-ring (bicyclic) bond motifs is 10. The van der Waals surface area contributed by atoms with Crippen LogP contribution >= 0.6 is 0 Å². The molecule has 7 aliphatic rings. The zero-order chi connectivity index (χ0) is 34.2. The van der Waals surface area contributed by atoms with Crippen molar-refractivity contribution in [1.29, 1.82) is 0 Å². The van der Waals surface area contributed by atoms with Crippen molar-refractivity contribution >= 4 is 20.8 Å². The van der Waals surface area contributed by atoms with Gasteiger partial charge in [0.2, 0.25) is 20.8 Å². The fourth-order valence-corrected chi connectivity index (χ4v) is 14.1. The van der Waals surface area contributed by atoms with Crippen LogP contribution in [0.3, 0.4) is 0 Å². The first kappa shape index (κ1) is 41.8. The molecular formula is C34H54Na2O11S2. The van der Waals surface area contributed by atoms with E-state index in [0.717, 1.165) is 44.9 Å². The normalized spacial score (nSPS) is 51.5. The summed E-state index contributed by atoms with van der Waals surface area (Å²) in [6.07, 6.45) is 5.85. The predicted octanol–water partition coefficient (Wildman–Crippen LogP) is -0.337. The molecule has 0 amide bonds. The Bertz CT molecular complexity index is 1480. The molecule has 15 atom stereocenters. The largest absolute Gasteiger partial charge is 1.00 e. The van der Waals surface area contributed by atoms with E-state index >= 15 is 0 Å². The van der Waals surface area contributed by atoms with Crippen molar-refractivity contribution in [3.05, 3.63) is 0 Å². The molecule has 11 nitrogen and oxygen atoms in total. The van der Waals surface area contributed by atoms with E-state index < -0.39 is 50.0 Å². The minimum atomic E-state index is -5.16. The van der Waals surface area contributed by atoms with Crippen LogP contribution in [0.2, 0.25) is 0 Å². The topological polar surface area (TPSA) is 161 Å². The molecule has 0 aromatic carbocycles. The Hall–Kier alpha value is 1.62. The average Bonchev–Trinajstić information content (AvgIpc) is 3.39. The van der Waals surface area contributed by atoms with Crippen LogP contribution in [0.4, 0.5) is 0 Å². The molecule has 7 rings (SSSR count). The fraction of sp³-hybridized carbons (Fsp3) is 1.00. The first-order chi connectivity index (χ1) is 21.7. The standard InChI is InChI=1S/C34H56O11S2.2Na/c1-8-12-34-41-26-15-24-22-10-9-21-14-25(43-46(35,36)37)27(44-47(38,39)40)17-31(21,6)23(22)11-13-30(24,5)29(26)32(7,45-34)28(42-34)18-33(19(2)3)16-20(33)4;;/h19-29H,8-18H2,1-7H3,(H,35,36,37)(H,38,39,40);;/q;2*+1/p-2/t20?,21-,22?,23?,24-,25-,26-,27-,28?,29?,30-,31-,32-,33?,34?;;/m0../s1. The van der Waals surface area contributed by atoms with Crippen LogP contribution in [0.1, 0.15) is 119 Å². The SMILES string of the molecule is CCCC12OC(CC3(C(C)C)CC3C)[C@](C)(O1)C1[C@H](C[C@H]3C4CC[C@H]5C[C@H](OS(=O)(=O)[O-])[C@@H](OS(=O)(=O)[O-])C[C@]5(C)C4CC[C@]13C)O2.[Na+].[Na+]. The molecule has 7 fully saturated rings. The second kappa shape index (κ2) is 13.7. The summed E-state index contributed by atoms with van der Waals surface area (Å²) in [4.78, 5) is 0. The molecule has 7 unspecified atom stereocenters. The van der Waals surface area contributed by atoms with Crippen LogP contribution < -0.4 is 59.1 Å². The van der Waals surface area contributed by atoms with Crippen molar-refractivity contribution in [3.8, 4) is 0 Å². The molecule has 5 saturated carbocycles. The molecule has 2 aliphatic heterocycles. The first-order valence-electron chi connectivity index (χ1n) is 18.0. The summed E-state index contributed by atoms with van der Waals surface area (Å²) >= 11 is 0. The van der Waals surface area contributed by atoms with E-state index in [4.69, 9.17) is 22.6 Å². The summed E-state index contributed by atoms with van der Waals surface area (Å²) in [5.74, 6) is 1.26. The van der Waals surface area contributed by atoms with Crippen LogP contribution in [0, 0.1) is 57.7 Å². The number of ether oxygens (including phenoxy) is 3. The molecule has 0 spiro atoms. The van der Waals surface area contributed by atoms with Crippen molar-refractivity contribution < 1.29 is 108 Å². The third-order valence-corrected chi connectivity index (χ3v) is 16.2. The van der Waals surface area contributed by atoms with E-state index in [2.05, 4.69) is 48.5 Å². The summed E-state index contributed by atoms with van der Waals surface area (Å²) in [5.41, 5.74) is -0.702. The number of rotatable bonds is 9. The minimum absolute atomic E-state index is 0. The quantitative estimate of drug-likeness (QED) is 0.173. The van der Waals surface area contributed by atoms with E-state index in [-0.39, 0.29) is 113 Å². The van der Waals surface area contributed by atoms with E-state index in [1.807, 2.05) is 0 Å². The summed E-state index contributed by atoms with van der Waals surface area (Å²) < 4.78 is 101. The Labute approximate surface area is 338 Å². The Morgan fingerprint density at radius 1 is 0.857 bits per heavy atom. The second-order valence-electron chi connectivity index (χ2n) is 17.6. The van der Waals surface area contributed by atoms with Crippen molar-refractivity contribution in [1.82, 2.24) is 0 Å². The van der Waals surface area contributed by atoms with Gasteiger partial charge in [0.15, 0.2) is 0 Å². The molecule has 49 heavy (non-hydrogen) atoms. The maximum atomic E-state index is 11.7.